The fourth-order valence-electron chi connectivity index (χ4n) is 3.22. The van der Waals surface area contributed by atoms with Crippen molar-refractivity contribution in [2.45, 2.75) is 51.6 Å². The number of benzene rings is 1. The molecule has 0 fully saturated rings. The first kappa shape index (κ1) is 25.8. The molecular weight excluding hydrogens is 456 g/mol. The third kappa shape index (κ3) is 6.30. The molecule has 0 saturated heterocycles. The average Bonchev–Trinajstić information content (AvgIpc) is 2.68. The highest BCUT2D eigenvalue weighted by atomic mass is 32.2. The number of halogens is 3. The molecule has 0 saturated carbocycles. The molecule has 30 heavy (non-hydrogen) atoms. The Balaban J connectivity index is 2.61. The van der Waals surface area contributed by atoms with Crippen LogP contribution in [0.3, 0.4) is 0 Å². The Morgan fingerprint density at radius 2 is 1.67 bits per heavy atom. The Morgan fingerprint density at radius 3 is 2.13 bits per heavy atom. The maximum atomic E-state index is 13.8. The SMILES string of the molecule is CCO[C@@H]1C[C@H](c2ccc(C(F)(F)F)cc2)C(P(=O)(OCC)OCC)=C(SCC)S1. The summed E-state index contributed by atoms with van der Waals surface area (Å²) in [5.41, 5.74) is -0.280. The van der Waals surface area contributed by atoms with Crippen molar-refractivity contribution >= 4 is 31.1 Å². The zero-order chi connectivity index (χ0) is 22.4. The molecular formula is C20H28F3O4PS2. The van der Waals surface area contributed by atoms with Gasteiger partial charge in [-0.05, 0) is 50.6 Å². The monoisotopic (exact) mass is 484 g/mol. The summed E-state index contributed by atoms with van der Waals surface area (Å²) in [7, 11) is -3.63. The lowest BCUT2D eigenvalue weighted by molar-refractivity contribution is -0.137. The van der Waals surface area contributed by atoms with Crippen LogP contribution in [0.15, 0.2) is 33.8 Å². The Morgan fingerprint density at radius 1 is 1.07 bits per heavy atom. The molecule has 170 valence electrons. The highest BCUT2D eigenvalue weighted by Crippen LogP contribution is 2.67. The van der Waals surface area contributed by atoms with Crippen LogP contribution in [0.5, 0.6) is 0 Å². The third-order valence-corrected chi connectivity index (χ3v) is 9.43. The number of alkyl halides is 3. The molecule has 1 aromatic carbocycles. The zero-order valence-corrected chi connectivity index (χ0v) is 20.1. The van der Waals surface area contributed by atoms with E-state index >= 15 is 0 Å². The van der Waals surface area contributed by atoms with Gasteiger partial charge in [-0.25, -0.2) is 0 Å². The first-order valence-electron chi connectivity index (χ1n) is 9.92. The van der Waals surface area contributed by atoms with Gasteiger partial charge in [-0.15, -0.1) is 11.8 Å². The van der Waals surface area contributed by atoms with Gasteiger partial charge in [-0.2, -0.15) is 13.2 Å². The maximum Gasteiger partial charge on any atom is 0.416 e. The second-order valence-electron chi connectivity index (χ2n) is 6.35. The van der Waals surface area contributed by atoms with Crippen LogP contribution in [0.4, 0.5) is 13.2 Å². The van der Waals surface area contributed by atoms with Crippen LogP contribution in [0.2, 0.25) is 0 Å². The molecule has 1 aromatic rings. The Hall–Kier alpha value is -0.440. The summed E-state index contributed by atoms with van der Waals surface area (Å²) in [5, 5.41) is 0.527. The normalized spacial score (nSPS) is 20.6. The van der Waals surface area contributed by atoms with Gasteiger partial charge in [0.05, 0.1) is 28.3 Å². The first-order chi connectivity index (χ1) is 14.2. The van der Waals surface area contributed by atoms with Crippen LogP contribution in [0.1, 0.15) is 51.2 Å². The molecule has 0 aromatic heterocycles. The minimum absolute atomic E-state index is 0.197. The minimum Gasteiger partial charge on any atom is -0.367 e. The molecule has 0 N–H and O–H groups in total. The molecule has 1 heterocycles. The summed E-state index contributed by atoms with van der Waals surface area (Å²) in [5.74, 6) is 0.311. The quantitative estimate of drug-likeness (QED) is 0.321. The molecule has 0 amide bonds. The van der Waals surface area contributed by atoms with E-state index in [1.54, 1.807) is 13.8 Å². The van der Waals surface area contributed by atoms with Crippen molar-refractivity contribution in [3.05, 3.63) is 44.9 Å². The number of allylic oxidation sites excluding steroid dienone is 1. The molecule has 1 aliphatic rings. The lowest BCUT2D eigenvalue weighted by atomic mass is 9.94. The summed E-state index contributed by atoms with van der Waals surface area (Å²) >= 11 is 3.01. The molecule has 10 heteroatoms. The van der Waals surface area contributed by atoms with Crippen molar-refractivity contribution in [3.63, 3.8) is 0 Å². The summed E-state index contributed by atoms with van der Waals surface area (Å²) in [6, 6.07) is 5.01. The predicted molar refractivity (Wildman–Crippen MR) is 118 cm³/mol. The van der Waals surface area contributed by atoms with Crippen LogP contribution in [0, 0.1) is 0 Å². The van der Waals surface area contributed by atoms with E-state index in [0.717, 1.165) is 22.1 Å². The summed E-state index contributed by atoms with van der Waals surface area (Å²) < 4.78 is 70.8. The predicted octanol–water partition coefficient (Wildman–Crippen LogP) is 7.48. The van der Waals surface area contributed by atoms with Crippen molar-refractivity contribution < 1.29 is 31.5 Å². The summed E-state index contributed by atoms with van der Waals surface area (Å²) in [6.07, 6.45) is -3.94. The molecule has 0 unspecified atom stereocenters. The van der Waals surface area contributed by atoms with Gasteiger partial charge in [0.15, 0.2) is 0 Å². The van der Waals surface area contributed by atoms with E-state index in [4.69, 9.17) is 13.8 Å². The zero-order valence-electron chi connectivity index (χ0n) is 17.5. The number of thioether (sulfide) groups is 2. The van der Waals surface area contributed by atoms with Gasteiger partial charge < -0.3 is 13.8 Å². The Bertz CT molecular complexity index is 758. The molecule has 0 aliphatic carbocycles. The largest absolute Gasteiger partial charge is 0.416 e. The van der Waals surface area contributed by atoms with Gasteiger partial charge in [0.2, 0.25) is 0 Å². The van der Waals surface area contributed by atoms with Crippen LogP contribution in [-0.2, 0) is 24.5 Å². The second kappa shape index (κ2) is 11.4. The van der Waals surface area contributed by atoms with Crippen molar-refractivity contribution in [3.8, 4) is 0 Å². The van der Waals surface area contributed by atoms with E-state index in [1.165, 1.54) is 35.7 Å². The lowest BCUT2D eigenvalue weighted by Gasteiger charge is -2.35. The average molecular weight is 485 g/mol. The smallest absolute Gasteiger partial charge is 0.367 e. The molecule has 0 bridgehead atoms. The first-order valence-corrected chi connectivity index (χ1v) is 13.3. The molecule has 1 aliphatic heterocycles. The maximum absolute atomic E-state index is 13.8. The van der Waals surface area contributed by atoms with Crippen molar-refractivity contribution in [1.29, 1.82) is 0 Å². The van der Waals surface area contributed by atoms with Crippen LogP contribution in [-0.4, -0.2) is 31.0 Å². The fraction of sp³-hybridized carbons (Fsp3) is 0.600. The van der Waals surface area contributed by atoms with Gasteiger partial charge >= 0.3 is 13.8 Å². The Labute approximate surface area is 184 Å². The van der Waals surface area contributed by atoms with Gasteiger partial charge in [0.1, 0.15) is 5.44 Å². The van der Waals surface area contributed by atoms with Gasteiger partial charge in [0, 0.05) is 12.5 Å². The molecule has 2 atom stereocenters. The topological polar surface area (TPSA) is 44.8 Å². The fourth-order valence-corrected chi connectivity index (χ4v) is 8.63. The summed E-state index contributed by atoms with van der Waals surface area (Å²) in [4.78, 5) is 0. The number of ether oxygens (including phenoxy) is 1. The third-order valence-electron chi connectivity index (χ3n) is 4.37. The standard InChI is InChI=1S/C20H28F3O4PS2/c1-5-25-17-13-16(14-9-11-15(12-10-14)20(21,22)23)18(19(30-17)29-8-4)28(24,26-6-2)27-7-3/h9-12,16-17H,5-8,13H2,1-4H3/t16-,17+/m1/s1. The van der Waals surface area contributed by atoms with E-state index in [-0.39, 0.29) is 18.6 Å². The van der Waals surface area contributed by atoms with Crippen molar-refractivity contribution in [1.82, 2.24) is 0 Å². The molecule has 0 radical (unpaired) electrons. The highest BCUT2D eigenvalue weighted by Gasteiger charge is 2.43. The van der Waals surface area contributed by atoms with Gasteiger partial charge in [0.25, 0.3) is 0 Å². The van der Waals surface area contributed by atoms with E-state index in [0.29, 0.717) is 23.9 Å². The van der Waals surface area contributed by atoms with Crippen molar-refractivity contribution in [2.24, 2.45) is 0 Å². The van der Waals surface area contributed by atoms with Crippen molar-refractivity contribution in [2.75, 3.05) is 25.6 Å². The second-order valence-corrected chi connectivity index (χ2v) is 11.0. The lowest BCUT2D eigenvalue weighted by Crippen LogP contribution is -2.22. The van der Waals surface area contributed by atoms with Crippen LogP contribution < -0.4 is 0 Å². The molecule has 2 rings (SSSR count). The van der Waals surface area contributed by atoms with Crippen LogP contribution >= 0.6 is 31.1 Å². The van der Waals surface area contributed by atoms with E-state index in [1.807, 2.05) is 13.8 Å². The van der Waals surface area contributed by atoms with Gasteiger partial charge in [-0.3, -0.25) is 4.57 Å². The number of rotatable bonds is 10. The minimum atomic E-state index is -4.41. The highest BCUT2D eigenvalue weighted by molar-refractivity contribution is 8.22. The Kier molecular flexibility index (Phi) is 9.84. The van der Waals surface area contributed by atoms with Crippen LogP contribution in [0.25, 0.3) is 0 Å². The number of hydrogen-bond acceptors (Lipinski definition) is 6. The van der Waals surface area contributed by atoms with E-state index < -0.39 is 25.3 Å². The molecule has 4 nitrogen and oxygen atoms in total. The van der Waals surface area contributed by atoms with E-state index in [2.05, 4.69) is 0 Å². The molecule has 0 spiro atoms. The number of hydrogen-bond donors (Lipinski definition) is 0. The summed E-state index contributed by atoms with van der Waals surface area (Å²) in [6.45, 7) is 8.26. The van der Waals surface area contributed by atoms with E-state index in [9.17, 15) is 17.7 Å². The van der Waals surface area contributed by atoms with Gasteiger partial charge in [-0.1, -0.05) is 30.8 Å².